The molecule has 5 nitrogen and oxygen atoms in total. The van der Waals surface area contributed by atoms with E-state index < -0.39 is 11.8 Å². The molecule has 18 heavy (non-hydrogen) atoms. The lowest BCUT2D eigenvalue weighted by molar-refractivity contribution is -0.136. The van der Waals surface area contributed by atoms with Crippen molar-refractivity contribution >= 4 is 17.5 Å². The fourth-order valence-corrected chi connectivity index (χ4v) is 1.23. The number of anilines is 1. The third-order valence-corrected chi connectivity index (χ3v) is 2.13. The maximum Gasteiger partial charge on any atom is 0.313 e. The van der Waals surface area contributed by atoms with E-state index in [0.717, 1.165) is 0 Å². The maximum atomic E-state index is 11.5. The van der Waals surface area contributed by atoms with Gasteiger partial charge in [-0.1, -0.05) is 19.9 Å². The lowest BCUT2D eigenvalue weighted by atomic mass is 10.2. The van der Waals surface area contributed by atoms with Crippen molar-refractivity contribution in [3.8, 4) is 6.07 Å². The van der Waals surface area contributed by atoms with Gasteiger partial charge >= 0.3 is 11.8 Å². The highest BCUT2D eigenvalue weighted by Crippen LogP contribution is 2.09. The highest BCUT2D eigenvalue weighted by Gasteiger charge is 2.13. The molecule has 1 aromatic rings. The molecule has 0 bridgehead atoms. The monoisotopic (exact) mass is 245 g/mol. The van der Waals surface area contributed by atoms with Gasteiger partial charge in [0.15, 0.2) is 0 Å². The van der Waals surface area contributed by atoms with Crippen LogP contribution < -0.4 is 10.6 Å². The van der Waals surface area contributed by atoms with Gasteiger partial charge in [0.05, 0.1) is 11.6 Å². The van der Waals surface area contributed by atoms with Crippen LogP contribution in [0, 0.1) is 17.2 Å². The number of hydrogen-bond donors (Lipinski definition) is 2. The van der Waals surface area contributed by atoms with Gasteiger partial charge in [-0.05, 0) is 24.1 Å². The predicted octanol–water partition coefficient (Wildman–Crippen LogP) is 1.27. The number of rotatable bonds is 3. The lowest BCUT2D eigenvalue weighted by Crippen LogP contribution is -2.37. The van der Waals surface area contributed by atoms with Crippen molar-refractivity contribution in [1.29, 1.82) is 5.26 Å². The number of nitrogens with zero attached hydrogens (tertiary/aromatic N) is 1. The first-order valence-electron chi connectivity index (χ1n) is 5.62. The van der Waals surface area contributed by atoms with Crippen molar-refractivity contribution in [2.24, 2.45) is 5.92 Å². The second-order valence-electron chi connectivity index (χ2n) is 4.25. The summed E-state index contributed by atoms with van der Waals surface area (Å²) in [6.07, 6.45) is 0. The fraction of sp³-hybridized carbons (Fsp3) is 0.308. The summed E-state index contributed by atoms with van der Waals surface area (Å²) in [6, 6.07) is 8.34. The van der Waals surface area contributed by atoms with E-state index in [1.807, 2.05) is 19.9 Å². The average molecular weight is 245 g/mol. The Bertz CT molecular complexity index is 489. The van der Waals surface area contributed by atoms with E-state index in [1.54, 1.807) is 18.2 Å². The topological polar surface area (TPSA) is 82.0 Å². The molecule has 0 aliphatic heterocycles. The molecule has 0 saturated carbocycles. The predicted molar refractivity (Wildman–Crippen MR) is 67.6 cm³/mol. The first-order valence-corrected chi connectivity index (χ1v) is 5.62. The molecule has 1 aromatic carbocycles. The summed E-state index contributed by atoms with van der Waals surface area (Å²) < 4.78 is 0. The average Bonchev–Trinajstić information content (AvgIpc) is 2.36. The minimum absolute atomic E-state index is 0.281. The number of carbonyl (C=O) groups excluding carboxylic acids is 2. The van der Waals surface area contributed by atoms with Gasteiger partial charge in [0.2, 0.25) is 0 Å². The van der Waals surface area contributed by atoms with Crippen LogP contribution in [0.5, 0.6) is 0 Å². The SMILES string of the molecule is CC(C)CNC(=O)C(=O)Nc1cccc(C#N)c1. The Kier molecular flexibility index (Phi) is 4.88. The van der Waals surface area contributed by atoms with Crippen LogP contribution in [0.3, 0.4) is 0 Å². The molecule has 0 atom stereocenters. The van der Waals surface area contributed by atoms with Crippen LogP contribution >= 0.6 is 0 Å². The zero-order valence-electron chi connectivity index (χ0n) is 10.4. The highest BCUT2D eigenvalue weighted by atomic mass is 16.2. The maximum absolute atomic E-state index is 11.5. The number of benzene rings is 1. The molecule has 2 amide bonds. The smallest absolute Gasteiger partial charge is 0.313 e. The van der Waals surface area contributed by atoms with Crippen LogP contribution in [0.2, 0.25) is 0 Å². The van der Waals surface area contributed by atoms with E-state index in [1.165, 1.54) is 6.07 Å². The van der Waals surface area contributed by atoms with Gasteiger partial charge in [0, 0.05) is 12.2 Å². The molecule has 0 saturated heterocycles. The fourth-order valence-electron chi connectivity index (χ4n) is 1.23. The van der Waals surface area contributed by atoms with Crippen molar-refractivity contribution < 1.29 is 9.59 Å². The summed E-state index contributed by atoms with van der Waals surface area (Å²) in [5.74, 6) is -1.12. The molecule has 5 heteroatoms. The van der Waals surface area contributed by atoms with Crippen LogP contribution in [0.25, 0.3) is 0 Å². The highest BCUT2D eigenvalue weighted by molar-refractivity contribution is 6.39. The van der Waals surface area contributed by atoms with E-state index in [2.05, 4.69) is 10.6 Å². The second kappa shape index (κ2) is 6.40. The zero-order valence-corrected chi connectivity index (χ0v) is 10.4. The molecular formula is C13H15N3O2. The van der Waals surface area contributed by atoms with Crippen LogP contribution in [0.1, 0.15) is 19.4 Å². The lowest BCUT2D eigenvalue weighted by Gasteiger charge is -2.08. The molecule has 0 unspecified atom stereocenters. The first-order chi connectivity index (χ1) is 8.52. The number of carbonyl (C=O) groups is 2. The van der Waals surface area contributed by atoms with Crippen molar-refractivity contribution in [3.05, 3.63) is 29.8 Å². The van der Waals surface area contributed by atoms with E-state index in [4.69, 9.17) is 5.26 Å². The van der Waals surface area contributed by atoms with E-state index in [0.29, 0.717) is 17.8 Å². The number of nitrogens with one attached hydrogen (secondary N) is 2. The molecule has 1 rings (SSSR count). The van der Waals surface area contributed by atoms with E-state index in [-0.39, 0.29) is 5.92 Å². The summed E-state index contributed by atoms with van der Waals surface area (Å²) in [5, 5.41) is 13.7. The first kappa shape index (κ1) is 13.7. The van der Waals surface area contributed by atoms with Crippen molar-refractivity contribution in [3.63, 3.8) is 0 Å². The normalized spacial score (nSPS) is 9.67. The van der Waals surface area contributed by atoms with Gasteiger partial charge in [0.25, 0.3) is 0 Å². The summed E-state index contributed by atoms with van der Waals surface area (Å²) in [5.41, 5.74) is 0.856. The molecule has 0 radical (unpaired) electrons. The molecular weight excluding hydrogens is 230 g/mol. The standard InChI is InChI=1S/C13H15N3O2/c1-9(2)8-15-12(17)13(18)16-11-5-3-4-10(6-11)7-14/h3-6,9H,8H2,1-2H3,(H,15,17)(H,16,18). The Balaban J connectivity index is 2.59. The van der Waals surface area contributed by atoms with Gasteiger partial charge in [-0.15, -0.1) is 0 Å². The Labute approximate surface area is 106 Å². The number of nitriles is 1. The molecule has 0 aromatic heterocycles. The molecule has 0 aliphatic rings. The van der Waals surface area contributed by atoms with Gasteiger partial charge in [0.1, 0.15) is 0 Å². The molecule has 0 aliphatic carbocycles. The van der Waals surface area contributed by atoms with Crippen LogP contribution in [0.4, 0.5) is 5.69 Å². The van der Waals surface area contributed by atoms with Gasteiger partial charge in [-0.3, -0.25) is 9.59 Å². The quantitative estimate of drug-likeness (QED) is 0.787. The third-order valence-electron chi connectivity index (χ3n) is 2.13. The summed E-state index contributed by atoms with van der Waals surface area (Å²) in [4.78, 5) is 22.9. The minimum Gasteiger partial charge on any atom is -0.348 e. The van der Waals surface area contributed by atoms with Crippen LogP contribution in [0.15, 0.2) is 24.3 Å². The third kappa shape index (κ3) is 4.26. The summed E-state index contributed by atoms with van der Waals surface area (Å²) >= 11 is 0. The molecule has 2 N–H and O–H groups in total. The van der Waals surface area contributed by atoms with Gasteiger partial charge in [-0.25, -0.2) is 0 Å². The van der Waals surface area contributed by atoms with Crippen LogP contribution in [-0.4, -0.2) is 18.4 Å². The molecule has 94 valence electrons. The van der Waals surface area contributed by atoms with Crippen molar-refractivity contribution in [2.45, 2.75) is 13.8 Å². The Morgan fingerprint density at radius 2 is 2.06 bits per heavy atom. The van der Waals surface area contributed by atoms with Crippen molar-refractivity contribution in [2.75, 3.05) is 11.9 Å². The van der Waals surface area contributed by atoms with E-state index in [9.17, 15) is 9.59 Å². The number of amides is 2. The zero-order chi connectivity index (χ0) is 13.5. The Hall–Kier alpha value is -2.35. The second-order valence-corrected chi connectivity index (χ2v) is 4.25. The van der Waals surface area contributed by atoms with E-state index >= 15 is 0 Å². The molecule has 0 spiro atoms. The molecule has 0 heterocycles. The van der Waals surface area contributed by atoms with Crippen LogP contribution in [-0.2, 0) is 9.59 Å². The Morgan fingerprint density at radius 1 is 1.33 bits per heavy atom. The number of hydrogen-bond acceptors (Lipinski definition) is 3. The minimum atomic E-state index is -0.731. The molecule has 0 fully saturated rings. The summed E-state index contributed by atoms with van der Waals surface area (Å²) in [6.45, 7) is 4.33. The van der Waals surface area contributed by atoms with Crippen molar-refractivity contribution in [1.82, 2.24) is 5.32 Å². The largest absolute Gasteiger partial charge is 0.348 e. The Morgan fingerprint density at radius 3 is 2.67 bits per heavy atom. The van der Waals surface area contributed by atoms with Gasteiger partial charge in [-0.2, -0.15) is 5.26 Å². The van der Waals surface area contributed by atoms with Gasteiger partial charge < -0.3 is 10.6 Å². The summed E-state index contributed by atoms with van der Waals surface area (Å²) in [7, 11) is 0.